The summed E-state index contributed by atoms with van der Waals surface area (Å²) in [5, 5.41) is 2.94. The molecule has 2 aromatic rings. The van der Waals surface area contributed by atoms with Crippen molar-refractivity contribution >= 4 is 21.6 Å². The Bertz CT molecular complexity index is 895. The second-order valence-corrected chi connectivity index (χ2v) is 8.52. The molecule has 0 aromatic heterocycles. The Balaban J connectivity index is 2.23. The maximum atomic E-state index is 12.7. The molecule has 0 fully saturated rings. The fraction of sp³-hybridized carbons (Fsp3) is 0.381. The van der Waals surface area contributed by atoms with Crippen LogP contribution < -0.4 is 14.4 Å². The van der Waals surface area contributed by atoms with Gasteiger partial charge in [-0.15, -0.1) is 0 Å². The maximum absolute atomic E-state index is 12.7. The summed E-state index contributed by atoms with van der Waals surface area (Å²) < 4.78 is 31.4. The molecule has 0 aliphatic heterocycles. The highest BCUT2D eigenvalue weighted by molar-refractivity contribution is 7.92. The van der Waals surface area contributed by atoms with Crippen LogP contribution in [-0.2, 0) is 14.8 Å². The fourth-order valence-electron chi connectivity index (χ4n) is 2.91. The summed E-state index contributed by atoms with van der Waals surface area (Å²) in [5.74, 6) is 0.0537. The van der Waals surface area contributed by atoms with Crippen molar-refractivity contribution in [3.05, 3.63) is 59.7 Å². The minimum atomic E-state index is -3.67. The number of nitrogens with zero attached hydrogens (tertiary/aromatic N) is 1. The molecule has 0 bridgehead atoms. The van der Waals surface area contributed by atoms with Gasteiger partial charge in [0.1, 0.15) is 12.3 Å². The van der Waals surface area contributed by atoms with Crippen molar-refractivity contribution in [1.82, 2.24) is 5.32 Å². The van der Waals surface area contributed by atoms with E-state index in [0.29, 0.717) is 24.5 Å². The van der Waals surface area contributed by atoms with E-state index in [1.807, 2.05) is 45.0 Å². The summed E-state index contributed by atoms with van der Waals surface area (Å²) >= 11 is 0. The summed E-state index contributed by atoms with van der Waals surface area (Å²) in [6.45, 7) is 5.88. The normalized spacial score (nSPS) is 12.3. The average Bonchev–Trinajstić information content (AvgIpc) is 2.65. The van der Waals surface area contributed by atoms with Crippen LogP contribution in [0, 0.1) is 6.92 Å². The van der Waals surface area contributed by atoms with Crippen LogP contribution in [0.2, 0.25) is 0 Å². The van der Waals surface area contributed by atoms with Gasteiger partial charge < -0.3 is 10.1 Å². The van der Waals surface area contributed by atoms with E-state index in [2.05, 4.69) is 5.32 Å². The number of hydrogen-bond donors (Lipinski definition) is 1. The third-order valence-electron chi connectivity index (χ3n) is 4.34. The Morgan fingerprint density at radius 3 is 2.32 bits per heavy atom. The lowest BCUT2D eigenvalue weighted by Gasteiger charge is -2.25. The molecule has 0 saturated heterocycles. The molecule has 0 spiro atoms. The van der Waals surface area contributed by atoms with Crippen molar-refractivity contribution in [3.8, 4) is 5.75 Å². The van der Waals surface area contributed by atoms with Crippen LogP contribution in [0.1, 0.15) is 37.4 Å². The standard InChI is InChI=1S/C21H28N2O4S/c1-5-18(17-13-11-16(3)12-14-17)22-21(24)15-23(28(4,25)26)19-9-7-8-10-20(19)27-6-2/h7-14,18H,5-6,15H2,1-4H3,(H,22,24). The zero-order valence-electron chi connectivity index (χ0n) is 16.8. The first-order chi connectivity index (χ1) is 13.3. The Kier molecular flexibility index (Phi) is 7.45. The highest BCUT2D eigenvalue weighted by Crippen LogP contribution is 2.29. The second-order valence-electron chi connectivity index (χ2n) is 6.61. The summed E-state index contributed by atoms with van der Waals surface area (Å²) in [7, 11) is -3.67. The number of anilines is 1. The van der Waals surface area contributed by atoms with Gasteiger partial charge in [0.05, 0.1) is 24.6 Å². The van der Waals surface area contributed by atoms with Gasteiger partial charge in [0.2, 0.25) is 15.9 Å². The predicted molar refractivity (Wildman–Crippen MR) is 112 cm³/mol. The minimum Gasteiger partial charge on any atom is -0.492 e. The Hall–Kier alpha value is -2.54. The zero-order chi connectivity index (χ0) is 20.7. The van der Waals surface area contributed by atoms with Crippen LogP contribution >= 0.6 is 0 Å². The molecule has 0 aliphatic rings. The number of nitrogens with one attached hydrogen (secondary N) is 1. The van der Waals surface area contributed by atoms with Crippen LogP contribution in [0.4, 0.5) is 5.69 Å². The van der Waals surface area contributed by atoms with Gasteiger partial charge in [0.15, 0.2) is 0 Å². The molecule has 0 saturated carbocycles. The molecule has 152 valence electrons. The summed E-state index contributed by atoms with van der Waals surface area (Å²) in [6.07, 6.45) is 1.78. The third-order valence-corrected chi connectivity index (χ3v) is 5.47. The quantitative estimate of drug-likeness (QED) is 0.695. The van der Waals surface area contributed by atoms with Crippen LogP contribution in [0.15, 0.2) is 48.5 Å². The second kappa shape index (κ2) is 9.59. The van der Waals surface area contributed by atoms with Crippen LogP contribution in [0.25, 0.3) is 0 Å². The number of amides is 1. The molecule has 2 aromatic carbocycles. The van der Waals surface area contributed by atoms with Gasteiger partial charge in [-0.1, -0.05) is 48.9 Å². The highest BCUT2D eigenvalue weighted by Gasteiger charge is 2.25. The van der Waals surface area contributed by atoms with Gasteiger partial charge >= 0.3 is 0 Å². The van der Waals surface area contributed by atoms with Crippen molar-refractivity contribution in [1.29, 1.82) is 0 Å². The number of benzene rings is 2. The Labute approximate surface area is 167 Å². The highest BCUT2D eigenvalue weighted by atomic mass is 32.2. The third kappa shape index (κ3) is 5.73. The molecule has 1 unspecified atom stereocenters. The van der Waals surface area contributed by atoms with Crippen molar-refractivity contribution in [2.24, 2.45) is 0 Å². The van der Waals surface area contributed by atoms with Gasteiger partial charge in [-0.05, 0) is 38.0 Å². The first-order valence-electron chi connectivity index (χ1n) is 9.31. The van der Waals surface area contributed by atoms with Crippen LogP contribution in [-0.4, -0.2) is 33.7 Å². The number of sulfonamides is 1. The first kappa shape index (κ1) is 21.8. The fourth-order valence-corrected chi connectivity index (χ4v) is 3.77. The van der Waals surface area contributed by atoms with E-state index in [1.165, 1.54) is 0 Å². The van der Waals surface area contributed by atoms with Gasteiger partial charge in [-0.25, -0.2) is 8.42 Å². The molecule has 0 heterocycles. The van der Waals surface area contributed by atoms with Crippen LogP contribution in [0.3, 0.4) is 0 Å². The van der Waals surface area contributed by atoms with E-state index in [9.17, 15) is 13.2 Å². The summed E-state index contributed by atoms with van der Waals surface area (Å²) in [4.78, 5) is 12.7. The van der Waals surface area contributed by atoms with Gasteiger partial charge in [-0.3, -0.25) is 9.10 Å². The van der Waals surface area contributed by atoms with E-state index in [4.69, 9.17) is 4.74 Å². The Morgan fingerprint density at radius 2 is 1.75 bits per heavy atom. The van der Waals surface area contributed by atoms with E-state index < -0.39 is 10.0 Å². The van der Waals surface area contributed by atoms with E-state index in [0.717, 1.165) is 21.7 Å². The first-order valence-corrected chi connectivity index (χ1v) is 11.2. The predicted octanol–water partition coefficient (Wildman–Crippen LogP) is 3.43. The largest absolute Gasteiger partial charge is 0.492 e. The SMILES string of the molecule is CCOc1ccccc1N(CC(=O)NC(CC)c1ccc(C)cc1)S(C)(=O)=O. The Morgan fingerprint density at radius 1 is 1.11 bits per heavy atom. The lowest BCUT2D eigenvalue weighted by molar-refractivity contribution is -0.120. The molecule has 0 aliphatic carbocycles. The molecule has 7 heteroatoms. The summed E-state index contributed by atoms with van der Waals surface area (Å²) in [6, 6.07) is 14.6. The average molecular weight is 405 g/mol. The van der Waals surface area contributed by atoms with Gasteiger partial charge in [0, 0.05) is 0 Å². The molecule has 6 nitrogen and oxygen atoms in total. The van der Waals surface area contributed by atoms with Crippen molar-refractivity contribution in [3.63, 3.8) is 0 Å². The van der Waals surface area contributed by atoms with E-state index in [1.54, 1.807) is 24.3 Å². The lowest BCUT2D eigenvalue weighted by Crippen LogP contribution is -2.41. The monoisotopic (exact) mass is 404 g/mol. The smallest absolute Gasteiger partial charge is 0.241 e. The number of para-hydroxylation sites is 2. The topological polar surface area (TPSA) is 75.7 Å². The molecule has 28 heavy (non-hydrogen) atoms. The van der Waals surface area contributed by atoms with Crippen LogP contribution in [0.5, 0.6) is 5.75 Å². The summed E-state index contributed by atoms with van der Waals surface area (Å²) in [5.41, 5.74) is 2.48. The zero-order valence-corrected chi connectivity index (χ0v) is 17.6. The van der Waals surface area contributed by atoms with Crippen molar-refractivity contribution < 1.29 is 17.9 Å². The van der Waals surface area contributed by atoms with Crippen molar-refractivity contribution in [2.45, 2.75) is 33.2 Å². The van der Waals surface area contributed by atoms with E-state index in [-0.39, 0.29) is 18.5 Å². The molecule has 1 N–H and O–H groups in total. The minimum absolute atomic E-state index is 0.184. The molecular weight excluding hydrogens is 376 g/mol. The van der Waals surface area contributed by atoms with Gasteiger partial charge in [0.25, 0.3) is 0 Å². The molecule has 2 rings (SSSR count). The number of aryl methyl sites for hydroxylation is 1. The lowest BCUT2D eigenvalue weighted by atomic mass is 10.0. The number of carbonyl (C=O) groups excluding carboxylic acids is 1. The number of rotatable bonds is 9. The molecular formula is C21H28N2O4S. The molecule has 1 amide bonds. The van der Waals surface area contributed by atoms with Gasteiger partial charge in [-0.2, -0.15) is 0 Å². The molecule has 1 atom stereocenters. The van der Waals surface area contributed by atoms with E-state index >= 15 is 0 Å². The molecule has 0 radical (unpaired) electrons. The number of carbonyl (C=O) groups is 1. The number of hydrogen-bond acceptors (Lipinski definition) is 4. The number of ether oxygens (including phenoxy) is 1. The van der Waals surface area contributed by atoms with Crippen molar-refractivity contribution in [2.75, 3.05) is 23.7 Å². The maximum Gasteiger partial charge on any atom is 0.241 e.